The molecule has 1 aliphatic heterocycles. The second kappa shape index (κ2) is 6.89. The summed E-state index contributed by atoms with van der Waals surface area (Å²) >= 11 is 3.30. The van der Waals surface area contributed by atoms with Gasteiger partial charge in [-0.15, -0.1) is 0 Å². The molecule has 1 aromatic rings. The molecule has 0 spiro atoms. The van der Waals surface area contributed by atoms with Crippen molar-refractivity contribution in [1.29, 1.82) is 0 Å². The smallest absolute Gasteiger partial charge is 0.240 e. The molecule has 0 amide bonds. The SMILES string of the molecule is COc1ccc(S(=O)(=O)NC[C@H]2CCCNC2)cc1Br. The summed E-state index contributed by atoms with van der Waals surface area (Å²) in [6.07, 6.45) is 2.16. The van der Waals surface area contributed by atoms with Crippen LogP contribution >= 0.6 is 15.9 Å². The summed E-state index contributed by atoms with van der Waals surface area (Å²) in [6.45, 7) is 2.36. The third kappa shape index (κ3) is 3.94. The van der Waals surface area contributed by atoms with Crippen LogP contribution in [0.15, 0.2) is 27.6 Å². The lowest BCUT2D eigenvalue weighted by Gasteiger charge is -2.22. The second-order valence-electron chi connectivity index (χ2n) is 4.86. The predicted molar refractivity (Wildman–Crippen MR) is 81.5 cm³/mol. The number of rotatable bonds is 5. The van der Waals surface area contributed by atoms with E-state index in [-0.39, 0.29) is 4.90 Å². The minimum atomic E-state index is -3.47. The Morgan fingerprint density at radius 3 is 2.90 bits per heavy atom. The lowest BCUT2D eigenvalue weighted by atomic mass is 10.0. The molecule has 0 unspecified atom stereocenters. The Hall–Kier alpha value is -0.630. The molecule has 1 aromatic carbocycles. The maximum Gasteiger partial charge on any atom is 0.240 e. The molecule has 2 N–H and O–H groups in total. The van der Waals surface area contributed by atoms with Crippen molar-refractivity contribution in [3.63, 3.8) is 0 Å². The van der Waals surface area contributed by atoms with Crippen LogP contribution in [0.5, 0.6) is 5.75 Å². The van der Waals surface area contributed by atoms with Crippen molar-refractivity contribution in [3.8, 4) is 5.75 Å². The van der Waals surface area contributed by atoms with E-state index < -0.39 is 10.0 Å². The van der Waals surface area contributed by atoms with Crippen molar-refractivity contribution in [3.05, 3.63) is 22.7 Å². The first-order chi connectivity index (χ1) is 9.53. The van der Waals surface area contributed by atoms with Gasteiger partial charge in [0.25, 0.3) is 0 Å². The molecule has 1 atom stereocenters. The fourth-order valence-corrected chi connectivity index (χ4v) is 4.06. The molecule has 1 heterocycles. The van der Waals surface area contributed by atoms with Crippen molar-refractivity contribution in [2.24, 2.45) is 5.92 Å². The van der Waals surface area contributed by atoms with Crippen LogP contribution in [0.1, 0.15) is 12.8 Å². The van der Waals surface area contributed by atoms with Crippen LogP contribution in [0.3, 0.4) is 0 Å². The van der Waals surface area contributed by atoms with Crippen molar-refractivity contribution < 1.29 is 13.2 Å². The zero-order chi connectivity index (χ0) is 14.6. The van der Waals surface area contributed by atoms with E-state index in [2.05, 4.69) is 26.0 Å². The Morgan fingerprint density at radius 1 is 1.50 bits per heavy atom. The van der Waals surface area contributed by atoms with Crippen LogP contribution in [0.25, 0.3) is 0 Å². The number of benzene rings is 1. The number of sulfonamides is 1. The van der Waals surface area contributed by atoms with Gasteiger partial charge in [-0.25, -0.2) is 13.1 Å². The Morgan fingerprint density at radius 2 is 2.30 bits per heavy atom. The fourth-order valence-electron chi connectivity index (χ4n) is 2.22. The third-order valence-corrected chi connectivity index (χ3v) is 5.44. The first-order valence-electron chi connectivity index (χ1n) is 6.57. The normalized spacial score (nSPS) is 19.8. The molecule has 0 bridgehead atoms. The predicted octanol–water partition coefficient (Wildman–Crippen LogP) is 1.74. The topological polar surface area (TPSA) is 67.4 Å². The summed E-state index contributed by atoms with van der Waals surface area (Å²) in [5.41, 5.74) is 0. The Bertz CT molecular complexity index is 557. The minimum Gasteiger partial charge on any atom is -0.496 e. The zero-order valence-corrected chi connectivity index (χ0v) is 13.8. The van der Waals surface area contributed by atoms with Crippen molar-refractivity contribution >= 4 is 26.0 Å². The van der Waals surface area contributed by atoms with Crippen LogP contribution in [-0.2, 0) is 10.0 Å². The molecule has 2 rings (SSSR count). The number of hydrogen-bond acceptors (Lipinski definition) is 4. The molecule has 0 aromatic heterocycles. The van der Waals surface area contributed by atoms with Gasteiger partial charge in [-0.2, -0.15) is 0 Å². The highest BCUT2D eigenvalue weighted by Crippen LogP contribution is 2.27. The fraction of sp³-hybridized carbons (Fsp3) is 0.538. The molecule has 20 heavy (non-hydrogen) atoms. The molecule has 0 aliphatic carbocycles. The number of ether oxygens (including phenoxy) is 1. The van der Waals surface area contributed by atoms with Crippen LogP contribution in [-0.4, -0.2) is 35.2 Å². The van der Waals surface area contributed by atoms with E-state index in [1.807, 2.05) is 0 Å². The number of halogens is 1. The average Bonchev–Trinajstić information content (AvgIpc) is 2.46. The molecule has 5 nitrogen and oxygen atoms in total. The molecule has 1 fully saturated rings. The van der Waals surface area contributed by atoms with E-state index in [0.29, 0.717) is 22.7 Å². The van der Waals surface area contributed by atoms with Crippen molar-refractivity contribution in [1.82, 2.24) is 10.0 Å². The standard InChI is InChI=1S/C13H19BrN2O3S/c1-19-13-5-4-11(7-12(13)14)20(17,18)16-9-10-3-2-6-15-8-10/h4-5,7,10,15-16H,2-3,6,8-9H2,1H3/t10-/m0/s1. The van der Waals surface area contributed by atoms with Gasteiger partial charge in [0.1, 0.15) is 5.75 Å². The molecule has 1 aliphatic rings. The van der Waals surface area contributed by atoms with Gasteiger partial charge in [0, 0.05) is 6.54 Å². The Kier molecular flexibility index (Phi) is 5.42. The van der Waals surface area contributed by atoms with E-state index >= 15 is 0 Å². The monoisotopic (exact) mass is 362 g/mol. The van der Waals surface area contributed by atoms with Gasteiger partial charge in [-0.05, 0) is 66.0 Å². The molecule has 1 saturated heterocycles. The summed E-state index contributed by atoms with van der Waals surface area (Å²) < 4.78 is 32.9. The van der Waals surface area contributed by atoms with Crippen LogP contribution in [0.2, 0.25) is 0 Å². The molecule has 7 heteroatoms. The van der Waals surface area contributed by atoms with Gasteiger partial charge in [0.05, 0.1) is 16.5 Å². The largest absolute Gasteiger partial charge is 0.496 e. The van der Waals surface area contributed by atoms with Crippen LogP contribution in [0, 0.1) is 5.92 Å². The summed E-state index contributed by atoms with van der Waals surface area (Å²) in [4.78, 5) is 0.244. The maximum atomic E-state index is 12.2. The lowest BCUT2D eigenvalue weighted by molar-refractivity contribution is 0.376. The lowest BCUT2D eigenvalue weighted by Crippen LogP contribution is -2.38. The molecule has 112 valence electrons. The first kappa shape index (κ1) is 15.8. The van der Waals surface area contributed by atoms with Crippen LogP contribution < -0.4 is 14.8 Å². The molecule has 0 saturated carbocycles. The van der Waals surface area contributed by atoms with E-state index in [1.165, 1.54) is 0 Å². The van der Waals surface area contributed by atoms with E-state index in [9.17, 15) is 8.42 Å². The first-order valence-corrected chi connectivity index (χ1v) is 8.84. The highest BCUT2D eigenvalue weighted by molar-refractivity contribution is 9.10. The number of hydrogen-bond donors (Lipinski definition) is 2. The number of nitrogens with one attached hydrogen (secondary N) is 2. The minimum absolute atomic E-state index is 0.244. The highest BCUT2D eigenvalue weighted by atomic mass is 79.9. The molecular weight excluding hydrogens is 344 g/mol. The van der Waals surface area contributed by atoms with Gasteiger partial charge in [-0.3, -0.25) is 0 Å². The second-order valence-corrected chi connectivity index (χ2v) is 7.48. The maximum absolute atomic E-state index is 12.2. The molecular formula is C13H19BrN2O3S. The van der Waals surface area contributed by atoms with Gasteiger partial charge in [0.2, 0.25) is 10.0 Å². The van der Waals surface area contributed by atoms with Gasteiger partial charge in [-0.1, -0.05) is 0 Å². The summed E-state index contributed by atoms with van der Waals surface area (Å²) in [5, 5.41) is 3.28. The number of piperidine rings is 1. The quantitative estimate of drug-likeness (QED) is 0.836. The Balaban J connectivity index is 2.04. The number of methoxy groups -OCH3 is 1. The summed E-state index contributed by atoms with van der Waals surface area (Å²) in [7, 11) is -1.93. The summed E-state index contributed by atoms with van der Waals surface area (Å²) in [6, 6.07) is 4.74. The van der Waals surface area contributed by atoms with E-state index in [0.717, 1.165) is 25.9 Å². The highest BCUT2D eigenvalue weighted by Gasteiger charge is 2.19. The van der Waals surface area contributed by atoms with E-state index in [1.54, 1.807) is 25.3 Å². The summed E-state index contributed by atoms with van der Waals surface area (Å²) in [5.74, 6) is 0.973. The zero-order valence-electron chi connectivity index (χ0n) is 11.4. The van der Waals surface area contributed by atoms with Gasteiger partial charge >= 0.3 is 0 Å². The van der Waals surface area contributed by atoms with E-state index in [4.69, 9.17) is 4.74 Å². The van der Waals surface area contributed by atoms with Crippen molar-refractivity contribution in [2.45, 2.75) is 17.7 Å². The third-order valence-electron chi connectivity index (χ3n) is 3.39. The average molecular weight is 363 g/mol. The van der Waals surface area contributed by atoms with Gasteiger partial charge < -0.3 is 10.1 Å². The Labute approximate surface area is 128 Å². The van der Waals surface area contributed by atoms with Gasteiger partial charge in [0.15, 0.2) is 0 Å². The molecule has 0 radical (unpaired) electrons. The van der Waals surface area contributed by atoms with Crippen molar-refractivity contribution in [2.75, 3.05) is 26.7 Å². The van der Waals surface area contributed by atoms with Crippen LogP contribution in [0.4, 0.5) is 0 Å².